The molecule has 0 aliphatic heterocycles. The summed E-state index contributed by atoms with van der Waals surface area (Å²) in [6.07, 6.45) is 0. The number of aryl methyl sites for hydroxylation is 1. The average Bonchev–Trinajstić information content (AvgIpc) is 3.13. The number of aromatic nitrogens is 3. The second kappa shape index (κ2) is 9.72. The molecule has 30 heavy (non-hydrogen) atoms. The highest BCUT2D eigenvalue weighted by molar-refractivity contribution is 9.10. The Morgan fingerprint density at radius 1 is 1.23 bits per heavy atom. The Balaban J connectivity index is 1.80. The topological polar surface area (TPSA) is 63.1 Å². The van der Waals surface area contributed by atoms with Gasteiger partial charge in [-0.3, -0.25) is 14.3 Å². The normalized spacial score (nSPS) is 12.2. The summed E-state index contributed by atoms with van der Waals surface area (Å²) in [4.78, 5) is 14.5. The summed E-state index contributed by atoms with van der Waals surface area (Å²) in [5.74, 6) is 0.438. The Morgan fingerprint density at radius 2 is 1.93 bits per heavy atom. The molecule has 0 saturated heterocycles. The highest BCUT2D eigenvalue weighted by atomic mass is 79.9. The largest absolute Gasteiger partial charge is 0.325 e. The molecule has 1 N–H and O–H groups in total. The van der Waals surface area contributed by atoms with Crippen LogP contribution in [-0.4, -0.2) is 45.4 Å². The van der Waals surface area contributed by atoms with Crippen molar-refractivity contribution >= 4 is 39.3 Å². The number of nitrogens with one attached hydrogen (secondary N) is 1. The van der Waals surface area contributed by atoms with Crippen molar-refractivity contribution in [2.24, 2.45) is 0 Å². The number of hydrogen-bond donors (Lipinski definition) is 1. The third-order valence-corrected chi connectivity index (χ3v) is 6.48. The van der Waals surface area contributed by atoms with Gasteiger partial charge in [0.15, 0.2) is 11.0 Å². The quantitative estimate of drug-likeness (QED) is 0.479. The first kappa shape index (κ1) is 22.5. The van der Waals surface area contributed by atoms with Crippen molar-refractivity contribution in [3.8, 4) is 5.69 Å². The molecule has 3 aromatic rings. The highest BCUT2D eigenvalue weighted by Gasteiger charge is 2.21. The average molecular weight is 492 g/mol. The van der Waals surface area contributed by atoms with E-state index in [2.05, 4.69) is 31.4 Å². The molecule has 0 aliphatic rings. The van der Waals surface area contributed by atoms with Gasteiger partial charge >= 0.3 is 0 Å². The van der Waals surface area contributed by atoms with Crippen molar-refractivity contribution in [2.75, 3.05) is 25.2 Å². The Morgan fingerprint density at radius 3 is 2.57 bits per heavy atom. The van der Waals surface area contributed by atoms with Gasteiger partial charge in [0.25, 0.3) is 0 Å². The van der Waals surface area contributed by atoms with Gasteiger partial charge in [0.05, 0.1) is 11.8 Å². The molecular weight excluding hydrogens is 469 g/mol. The number of benzene rings is 2. The molecule has 1 amide bonds. The van der Waals surface area contributed by atoms with Crippen LogP contribution in [0.1, 0.15) is 24.4 Å². The molecule has 0 fully saturated rings. The van der Waals surface area contributed by atoms with Crippen molar-refractivity contribution in [1.82, 2.24) is 19.7 Å². The maximum Gasteiger partial charge on any atom is 0.234 e. The highest BCUT2D eigenvalue weighted by Crippen LogP contribution is 2.27. The number of nitrogens with zero attached hydrogens (tertiary/aromatic N) is 4. The Kier molecular flexibility index (Phi) is 7.27. The SMILES string of the molecule is Cc1cc(NC(=O)CSc2nnc(C(C)N(C)C)n2-c2ccc(F)cc2)ccc1Br. The lowest BCUT2D eigenvalue weighted by molar-refractivity contribution is -0.113. The lowest BCUT2D eigenvalue weighted by atomic mass is 10.2. The van der Waals surface area contributed by atoms with E-state index in [0.29, 0.717) is 5.16 Å². The van der Waals surface area contributed by atoms with Crippen LogP contribution in [0.3, 0.4) is 0 Å². The minimum absolute atomic E-state index is 0.0172. The van der Waals surface area contributed by atoms with E-state index in [1.165, 1.54) is 23.9 Å². The molecule has 9 heteroatoms. The predicted octanol–water partition coefficient (Wildman–Crippen LogP) is 4.83. The van der Waals surface area contributed by atoms with Crippen molar-refractivity contribution in [2.45, 2.75) is 25.0 Å². The number of halogens is 2. The van der Waals surface area contributed by atoms with E-state index in [-0.39, 0.29) is 23.5 Å². The Bertz CT molecular complexity index is 1040. The molecule has 2 aromatic carbocycles. The van der Waals surface area contributed by atoms with E-state index in [1.54, 1.807) is 12.1 Å². The van der Waals surface area contributed by atoms with Gasteiger partial charge in [-0.1, -0.05) is 27.7 Å². The fourth-order valence-corrected chi connectivity index (χ4v) is 3.76. The lowest BCUT2D eigenvalue weighted by Gasteiger charge is -2.20. The number of amides is 1. The first-order valence-electron chi connectivity index (χ1n) is 9.32. The van der Waals surface area contributed by atoms with Gasteiger partial charge in [-0.05, 0) is 76.0 Å². The summed E-state index contributed by atoms with van der Waals surface area (Å²) in [5, 5.41) is 12.1. The monoisotopic (exact) mass is 491 g/mol. The molecule has 1 unspecified atom stereocenters. The van der Waals surface area contributed by atoms with E-state index in [4.69, 9.17) is 0 Å². The molecule has 6 nitrogen and oxygen atoms in total. The van der Waals surface area contributed by atoms with Crippen molar-refractivity contribution < 1.29 is 9.18 Å². The van der Waals surface area contributed by atoms with Crippen LogP contribution in [0.25, 0.3) is 5.69 Å². The summed E-state index contributed by atoms with van der Waals surface area (Å²) >= 11 is 4.74. The van der Waals surface area contributed by atoms with Crippen LogP contribution in [-0.2, 0) is 4.79 Å². The van der Waals surface area contributed by atoms with Crippen LogP contribution in [0.5, 0.6) is 0 Å². The number of carbonyl (C=O) groups excluding carboxylic acids is 1. The summed E-state index contributed by atoms with van der Waals surface area (Å²) in [6, 6.07) is 11.8. The zero-order chi connectivity index (χ0) is 21.8. The van der Waals surface area contributed by atoms with Crippen LogP contribution in [0.15, 0.2) is 52.1 Å². The number of rotatable bonds is 7. The third kappa shape index (κ3) is 5.27. The van der Waals surface area contributed by atoms with Crippen LogP contribution in [0.2, 0.25) is 0 Å². The molecule has 0 spiro atoms. The van der Waals surface area contributed by atoms with E-state index in [9.17, 15) is 9.18 Å². The van der Waals surface area contributed by atoms with Crippen molar-refractivity contribution in [3.63, 3.8) is 0 Å². The lowest BCUT2D eigenvalue weighted by Crippen LogP contribution is -2.21. The van der Waals surface area contributed by atoms with Gasteiger partial charge in [-0.15, -0.1) is 10.2 Å². The summed E-state index contributed by atoms with van der Waals surface area (Å²) < 4.78 is 16.3. The molecule has 1 atom stereocenters. The van der Waals surface area contributed by atoms with Gasteiger partial charge < -0.3 is 5.32 Å². The van der Waals surface area contributed by atoms with Crippen molar-refractivity contribution in [1.29, 1.82) is 0 Å². The molecule has 0 bridgehead atoms. The van der Waals surface area contributed by atoms with Crippen LogP contribution < -0.4 is 5.32 Å². The van der Waals surface area contributed by atoms with Gasteiger partial charge in [0.2, 0.25) is 5.91 Å². The third-order valence-electron chi connectivity index (χ3n) is 4.67. The van der Waals surface area contributed by atoms with Crippen molar-refractivity contribution in [3.05, 3.63) is 64.1 Å². The summed E-state index contributed by atoms with van der Waals surface area (Å²) in [6.45, 7) is 3.98. The molecule has 0 saturated carbocycles. The molecule has 0 aliphatic carbocycles. The summed E-state index contributed by atoms with van der Waals surface area (Å²) in [7, 11) is 3.91. The fourth-order valence-electron chi connectivity index (χ4n) is 2.76. The molecule has 3 rings (SSSR count). The number of anilines is 1. The van der Waals surface area contributed by atoms with E-state index in [0.717, 1.165) is 27.2 Å². The summed E-state index contributed by atoms with van der Waals surface area (Å²) in [5.41, 5.74) is 2.53. The second-order valence-electron chi connectivity index (χ2n) is 7.09. The smallest absolute Gasteiger partial charge is 0.234 e. The fraction of sp³-hybridized carbons (Fsp3) is 0.286. The molecule has 158 valence electrons. The predicted molar refractivity (Wildman–Crippen MR) is 122 cm³/mol. The van der Waals surface area contributed by atoms with Gasteiger partial charge in [0.1, 0.15) is 5.82 Å². The van der Waals surface area contributed by atoms with E-state index in [1.807, 2.05) is 55.6 Å². The number of carbonyl (C=O) groups is 1. The van der Waals surface area contributed by atoms with Gasteiger partial charge in [0, 0.05) is 15.8 Å². The first-order valence-corrected chi connectivity index (χ1v) is 11.1. The molecule has 1 aromatic heterocycles. The number of thioether (sulfide) groups is 1. The Hall–Kier alpha value is -2.23. The second-order valence-corrected chi connectivity index (χ2v) is 8.89. The van der Waals surface area contributed by atoms with Crippen LogP contribution in [0, 0.1) is 12.7 Å². The molecule has 0 radical (unpaired) electrons. The first-order chi connectivity index (χ1) is 14.3. The zero-order valence-electron chi connectivity index (χ0n) is 17.2. The number of hydrogen-bond acceptors (Lipinski definition) is 5. The van der Waals surface area contributed by atoms with Crippen LogP contribution >= 0.6 is 27.7 Å². The standard InChI is InChI=1S/C21H23BrFN5OS/c1-13-11-16(7-10-18(13)22)24-19(29)12-30-21-26-25-20(14(2)27(3)4)28(21)17-8-5-15(23)6-9-17/h5-11,14H,12H2,1-4H3,(H,24,29). The van der Waals surface area contributed by atoms with E-state index >= 15 is 0 Å². The zero-order valence-corrected chi connectivity index (χ0v) is 19.6. The molecule has 1 heterocycles. The van der Waals surface area contributed by atoms with Gasteiger partial charge in [-0.25, -0.2) is 4.39 Å². The molecular formula is C21H23BrFN5OS. The maximum atomic E-state index is 13.4. The van der Waals surface area contributed by atoms with Crippen LogP contribution in [0.4, 0.5) is 10.1 Å². The maximum absolute atomic E-state index is 13.4. The van der Waals surface area contributed by atoms with E-state index < -0.39 is 0 Å². The minimum Gasteiger partial charge on any atom is -0.325 e. The Labute approximate surface area is 188 Å². The van der Waals surface area contributed by atoms with Gasteiger partial charge in [-0.2, -0.15) is 0 Å². The minimum atomic E-state index is -0.313.